The Kier molecular flexibility index (Phi) is 4.77. The molecule has 0 aliphatic carbocycles. The summed E-state index contributed by atoms with van der Waals surface area (Å²) in [5.74, 6) is -0.495. The molecule has 1 aromatic heterocycles. The normalized spacial score (nSPS) is 12.7. The Morgan fingerprint density at radius 2 is 1.82 bits per heavy atom. The van der Waals surface area contributed by atoms with Crippen molar-refractivity contribution in [1.82, 2.24) is 10.3 Å². The van der Waals surface area contributed by atoms with Crippen LogP contribution in [0.3, 0.4) is 0 Å². The van der Waals surface area contributed by atoms with Gasteiger partial charge in [-0.25, -0.2) is 0 Å². The lowest BCUT2D eigenvalue weighted by molar-refractivity contribution is -0.139. The van der Waals surface area contributed by atoms with E-state index in [0.29, 0.717) is 5.56 Å². The molecule has 116 valence electrons. The van der Waals surface area contributed by atoms with Gasteiger partial charge in [-0.15, -0.1) is 0 Å². The topological polar surface area (TPSA) is 62.2 Å². The molecule has 0 bridgehead atoms. The van der Waals surface area contributed by atoms with E-state index in [1.807, 2.05) is 0 Å². The minimum Gasteiger partial charge on any atom is -0.387 e. The van der Waals surface area contributed by atoms with Gasteiger partial charge in [0.25, 0.3) is 5.91 Å². The molecular weight excluding hydrogens is 297 g/mol. The van der Waals surface area contributed by atoms with Crippen LogP contribution in [0.5, 0.6) is 0 Å². The van der Waals surface area contributed by atoms with Gasteiger partial charge < -0.3 is 10.4 Å². The Hall–Kier alpha value is -2.41. The lowest BCUT2D eigenvalue weighted by Gasteiger charge is -2.17. The summed E-state index contributed by atoms with van der Waals surface area (Å²) in [4.78, 5) is 15.5. The van der Waals surface area contributed by atoms with Gasteiger partial charge in [0.15, 0.2) is 0 Å². The second-order valence-electron chi connectivity index (χ2n) is 4.55. The molecule has 1 amide bonds. The number of benzene rings is 1. The second kappa shape index (κ2) is 6.57. The number of aliphatic hydroxyl groups is 1. The van der Waals surface area contributed by atoms with Gasteiger partial charge in [-0.1, -0.05) is 18.2 Å². The summed E-state index contributed by atoms with van der Waals surface area (Å²) in [6, 6.07) is 7.65. The predicted molar refractivity (Wildman–Crippen MR) is 73.0 cm³/mol. The third-order valence-corrected chi connectivity index (χ3v) is 3.02. The molecule has 4 nitrogen and oxygen atoms in total. The van der Waals surface area contributed by atoms with Gasteiger partial charge in [0, 0.05) is 24.5 Å². The zero-order chi connectivity index (χ0) is 16.2. The fourth-order valence-electron chi connectivity index (χ4n) is 1.95. The molecular formula is C15H13F3N2O2. The zero-order valence-electron chi connectivity index (χ0n) is 11.3. The van der Waals surface area contributed by atoms with Crippen molar-refractivity contribution in [2.24, 2.45) is 0 Å². The van der Waals surface area contributed by atoms with Crippen LogP contribution in [0.4, 0.5) is 13.2 Å². The van der Waals surface area contributed by atoms with Gasteiger partial charge in [0.1, 0.15) is 0 Å². The number of aliphatic hydroxyl groups excluding tert-OH is 1. The molecule has 2 aromatic rings. The number of hydrogen-bond donors (Lipinski definition) is 2. The van der Waals surface area contributed by atoms with Crippen LogP contribution in [0.1, 0.15) is 27.6 Å². The van der Waals surface area contributed by atoms with E-state index in [0.717, 1.165) is 6.07 Å². The maximum Gasteiger partial charge on any atom is 0.416 e. The molecule has 0 spiro atoms. The highest BCUT2D eigenvalue weighted by Gasteiger charge is 2.34. The first-order chi connectivity index (χ1) is 10.4. The maximum atomic E-state index is 12.9. The molecule has 0 fully saturated rings. The SMILES string of the molecule is O=C(NCC(O)c1ccccc1C(F)(F)F)c1ccncc1. The number of aromatic nitrogens is 1. The summed E-state index contributed by atoms with van der Waals surface area (Å²) in [5, 5.41) is 12.3. The number of pyridine rings is 1. The van der Waals surface area contributed by atoms with Crippen LogP contribution in [-0.4, -0.2) is 22.5 Å². The largest absolute Gasteiger partial charge is 0.416 e. The molecule has 0 radical (unpaired) electrons. The number of alkyl halides is 3. The van der Waals surface area contributed by atoms with Crippen molar-refractivity contribution in [3.05, 3.63) is 65.5 Å². The lowest BCUT2D eigenvalue weighted by Crippen LogP contribution is -2.29. The van der Waals surface area contributed by atoms with Gasteiger partial charge >= 0.3 is 6.18 Å². The maximum absolute atomic E-state index is 12.9. The quantitative estimate of drug-likeness (QED) is 0.912. The number of rotatable bonds is 4. The van der Waals surface area contributed by atoms with Crippen LogP contribution in [0.15, 0.2) is 48.8 Å². The van der Waals surface area contributed by atoms with E-state index in [2.05, 4.69) is 10.3 Å². The van der Waals surface area contributed by atoms with Gasteiger partial charge in [-0.2, -0.15) is 13.2 Å². The summed E-state index contributed by atoms with van der Waals surface area (Å²) in [5.41, 5.74) is -0.878. The first-order valence-corrected chi connectivity index (χ1v) is 6.42. The van der Waals surface area contributed by atoms with Crippen LogP contribution >= 0.6 is 0 Å². The molecule has 1 atom stereocenters. The molecule has 0 saturated heterocycles. The van der Waals surface area contributed by atoms with Crippen LogP contribution in [0, 0.1) is 0 Å². The third-order valence-electron chi connectivity index (χ3n) is 3.02. The molecule has 1 aromatic carbocycles. The molecule has 1 heterocycles. The number of nitrogens with zero attached hydrogens (tertiary/aromatic N) is 1. The van der Waals surface area contributed by atoms with Crippen LogP contribution in [0.25, 0.3) is 0 Å². The van der Waals surface area contributed by atoms with E-state index in [1.54, 1.807) is 0 Å². The highest BCUT2D eigenvalue weighted by atomic mass is 19.4. The van der Waals surface area contributed by atoms with Crippen molar-refractivity contribution >= 4 is 5.91 Å². The zero-order valence-corrected chi connectivity index (χ0v) is 11.3. The Labute approximate surface area is 124 Å². The van der Waals surface area contributed by atoms with Gasteiger partial charge in [0.2, 0.25) is 0 Å². The fraction of sp³-hybridized carbons (Fsp3) is 0.200. The minimum atomic E-state index is -4.56. The van der Waals surface area contributed by atoms with E-state index >= 15 is 0 Å². The van der Waals surface area contributed by atoms with Crippen molar-refractivity contribution in [1.29, 1.82) is 0 Å². The molecule has 2 N–H and O–H groups in total. The number of amides is 1. The van der Waals surface area contributed by atoms with Gasteiger partial charge in [-0.05, 0) is 23.8 Å². The molecule has 0 saturated carbocycles. The third kappa shape index (κ3) is 3.82. The van der Waals surface area contributed by atoms with Crippen molar-refractivity contribution in [2.75, 3.05) is 6.54 Å². The summed E-state index contributed by atoms with van der Waals surface area (Å²) >= 11 is 0. The average molecular weight is 310 g/mol. The minimum absolute atomic E-state index is 0.273. The Balaban J connectivity index is 2.07. The molecule has 0 aliphatic rings. The average Bonchev–Trinajstić information content (AvgIpc) is 2.52. The summed E-state index contributed by atoms with van der Waals surface area (Å²) in [6.45, 7) is -0.325. The van der Waals surface area contributed by atoms with E-state index in [-0.39, 0.29) is 12.1 Å². The second-order valence-corrected chi connectivity index (χ2v) is 4.55. The molecule has 2 rings (SSSR count). The van der Waals surface area contributed by atoms with Crippen molar-refractivity contribution < 1.29 is 23.1 Å². The summed E-state index contributed by atoms with van der Waals surface area (Å²) in [7, 11) is 0. The monoisotopic (exact) mass is 310 g/mol. The molecule has 22 heavy (non-hydrogen) atoms. The highest BCUT2D eigenvalue weighted by molar-refractivity contribution is 5.93. The lowest BCUT2D eigenvalue weighted by atomic mass is 10.0. The van der Waals surface area contributed by atoms with E-state index < -0.39 is 23.8 Å². The van der Waals surface area contributed by atoms with Crippen molar-refractivity contribution in [3.63, 3.8) is 0 Å². The predicted octanol–water partition coefficient (Wildman–Crippen LogP) is 2.56. The summed E-state index contributed by atoms with van der Waals surface area (Å²) < 4.78 is 38.6. The first-order valence-electron chi connectivity index (χ1n) is 6.42. The molecule has 7 heteroatoms. The van der Waals surface area contributed by atoms with Crippen molar-refractivity contribution in [3.8, 4) is 0 Å². The van der Waals surface area contributed by atoms with E-state index in [4.69, 9.17) is 0 Å². The first kappa shape index (κ1) is 16.0. The Morgan fingerprint density at radius 3 is 2.45 bits per heavy atom. The van der Waals surface area contributed by atoms with Crippen LogP contribution in [0.2, 0.25) is 0 Å². The number of nitrogens with one attached hydrogen (secondary N) is 1. The van der Waals surface area contributed by atoms with E-state index in [1.165, 1.54) is 42.7 Å². The van der Waals surface area contributed by atoms with Crippen LogP contribution < -0.4 is 5.32 Å². The van der Waals surface area contributed by atoms with Gasteiger partial charge in [0.05, 0.1) is 11.7 Å². The van der Waals surface area contributed by atoms with Crippen molar-refractivity contribution in [2.45, 2.75) is 12.3 Å². The highest BCUT2D eigenvalue weighted by Crippen LogP contribution is 2.34. The Morgan fingerprint density at radius 1 is 1.18 bits per heavy atom. The van der Waals surface area contributed by atoms with Crippen LogP contribution in [-0.2, 0) is 6.18 Å². The van der Waals surface area contributed by atoms with Gasteiger partial charge in [-0.3, -0.25) is 9.78 Å². The number of hydrogen-bond acceptors (Lipinski definition) is 3. The van der Waals surface area contributed by atoms with E-state index in [9.17, 15) is 23.1 Å². The number of carbonyl (C=O) groups is 1. The number of halogens is 3. The molecule has 1 unspecified atom stereocenters. The Bertz CT molecular complexity index is 645. The standard InChI is InChI=1S/C15H13F3N2O2/c16-15(17,18)12-4-2-1-3-11(12)13(21)9-20-14(22)10-5-7-19-8-6-10/h1-8,13,21H,9H2,(H,20,22). The molecule has 0 aliphatic heterocycles. The number of carbonyl (C=O) groups excluding carboxylic acids is 1. The summed E-state index contributed by atoms with van der Waals surface area (Å²) in [6.07, 6.45) is -3.18. The fourth-order valence-corrected chi connectivity index (χ4v) is 1.95. The smallest absolute Gasteiger partial charge is 0.387 e.